The van der Waals surface area contributed by atoms with Gasteiger partial charge in [-0.25, -0.2) is 0 Å². The van der Waals surface area contributed by atoms with Crippen molar-refractivity contribution < 1.29 is 0 Å². The van der Waals surface area contributed by atoms with Crippen LogP contribution in [0.3, 0.4) is 0 Å². The molecule has 0 saturated carbocycles. The van der Waals surface area contributed by atoms with Gasteiger partial charge in [0.15, 0.2) is 0 Å². The number of nitrogens with one attached hydrogen (secondary N) is 1. The molecule has 0 atom stereocenters. The van der Waals surface area contributed by atoms with Crippen LogP contribution in [0.25, 0.3) is 0 Å². The maximum Gasteiger partial charge on any atom is 0.0135 e. The molecular weight excluding hydrogens is 170 g/mol. The van der Waals surface area contributed by atoms with Gasteiger partial charge in [0.25, 0.3) is 0 Å². The van der Waals surface area contributed by atoms with Crippen LogP contribution in [-0.4, -0.2) is 13.6 Å². The predicted molar refractivity (Wildman–Crippen MR) is 67.6 cm³/mol. The van der Waals surface area contributed by atoms with Crippen LogP contribution in [0.15, 0.2) is 36.0 Å². The standard InChI is InChI=1S/C11H19N.C2H6/c1-5-10(3)11(6-2)8-7-9-12-4;1-2/h5,7-8,12H,1,6,9H2,2-4H3;1-2H3/b8-7-,11-10-;. The van der Waals surface area contributed by atoms with Crippen LogP contribution in [0, 0.1) is 0 Å². The van der Waals surface area contributed by atoms with Crippen LogP contribution in [0.1, 0.15) is 34.1 Å². The van der Waals surface area contributed by atoms with Crippen molar-refractivity contribution in [2.45, 2.75) is 34.1 Å². The highest BCUT2D eigenvalue weighted by molar-refractivity contribution is 5.30. The Bertz CT molecular complexity index is 187. The van der Waals surface area contributed by atoms with Gasteiger partial charge in [0.2, 0.25) is 0 Å². The Labute approximate surface area is 89.6 Å². The molecule has 0 amide bonds. The van der Waals surface area contributed by atoms with Crippen molar-refractivity contribution in [1.82, 2.24) is 5.32 Å². The molecule has 0 heterocycles. The molecular formula is C13H25N. The first-order chi connectivity index (χ1) is 6.76. The lowest BCUT2D eigenvalue weighted by Gasteiger charge is -2.00. The highest BCUT2D eigenvalue weighted by Crippen LogP contribution is 2.10. The summed E-state index contributed by atoms with van der Waals surface area (Å²) in [5.41, 5.74) is 2.63. The third-order valence-corrected chi connectivity index (χ3v) is 1.83. The number of hydrogen-bond donors (Lipinski definition) is 1. The zero-order chi connectivity index (χ0) is 11.4. The van der Waals surface area contributed by atoms with E-state index in [1.165, 1.54) is 11.1 Å². The Balaban J connectivity index is 0. The number of rotatable bonds is 5. The second kappa shape index (κ2) is 12.2. The van der Waals surface area contributed by atoms with Gasteiger partial charge in [-0.1, -0.05) is 45.6 Å². The molecule has 0 radical (unpaired) electrons. The Morgan fingerprint density at radius 3 is 2.29 bits per heavy atom. The van der Waals surface area contributed by atoms with Crippen LogP contribution in [0.5, 0.6) is 0 Å². The molecule has 0 aliphatic heterocycles. The summed E-state index contributed by atoms with van der Waals surface area (Å²) in [5.74, 6) is 0. The van der Waals surface area contributed by atoms with Crippen molar-refractivity contribution in [2.75, 3.05) is 13.6 Å². The van der Waals surface area contributed by atoms with Gasteiger partial charge < -0.3 is 5.32 Å². The minimum absolute atomic E-state index is 0.925. The molecule has 14 heavy (non-hydrogen) atoms. The van der Waals surface area contributed by atoms with Gasteiger partial charge in [-0.15, -0.1) is 0 Å². The van der Waals surface area contributed by atoms with Gasteiger partial charge in [0.1, 0.15) is 0 Å². The molecule has 1 N–H and O–H groups in total. The van der Waals surface area contributed by atoms with Crippen molar-refractivity contribution in [2.24, 2.45) is 0 Å². The van der Waals surface area contributed by atoms with Crippen LogP contribution >= 0.6 is 0 Å². The van der Waals surface area contributed by atoms with E-state index in [-0.39, 0.29) is 0 Å². The minimum atomic E-state index is 0.925. The second-order valence-electron chi connectivity index (χ2n) is 2.73. The highest BCUT2D eigenvalue weighted by Gasteiger charge is 1.90. The average Bonchev–Trinajstić information content (AvgIpc) is 2.26. The first-order valence-corrected chi connectivity index (χ1v) is 5.39. The quantitative estimate of drug-likeness (QED) is 0.660. The average molecular weight is 195 g/mol. The van der Waals surface area contributed by atoms with Gasteiger partial charge >= 0.3 is 0 Å². The van der Waals surface area contributed by atoms with Crippen LogP contribution in [-0.2, 0) is 0 Å². The normalized spacial score (nSPS) is 11.8. The maximum absolute atomic E-state index is 3.75. The summed E-state index contributed by atoms with van der Waals surface area (Å²) < 4.78 is 0. The Morgan fingerprint density at radius 1 is 1.36 bits per heavy atom. The highest BCUT2D eigenvalue weighted by atomic mass is 14.8. The first kappa shape index (κ1) is 15.6. The van der Waals surface area contributed by atoms with Gasteiger partial charge in [-0.2, -0.15) is 0 Å². The summed E-state index contributed by atoms with van der Waals surface area (Å²) in [6.45, 7) is 12.9. The number of allylic oxidation sites excluding steroid dienone is 4. The van der Waals surface area contributed by atoms with E-state index < -0.39 is 0 Å². The van der Waals surface area contributed by atoms with Crippen molar-refractivity contribution in [3.05, 3.63) is 36.0 Å². The molecule has 1 nitrogen and oxygen atoms in total. The van der Waals surface area contributed by atoms with Gasteiger partial charge in [0, 0.05) is 6.54 Å². The molecule has 0 rings (SSSR count). The van der Waals surface area contributed by atoms with Crippen LogP contribution in [0.4, 0.5) is 0 Å². The third-order valence-electron chi connectivity index (χ3n) is 1.83. The molecule has 0 aliphatic rings. The second-order valence-corrected chi connectivity index (χ2v) is 2.73. The molecule has 0 aromatic heterocycles. The van der Waals surface area contributed by atoms with Crippen molar-refractivity contribution in [1.29, 1.82) is 0 Å². The molecule has 0 aromatic rings. The van der Waals surface area contributed by atoms with Crippen molar-refractivity contribution in [3.8, 4) is 0 Å². The fraction of sp³-hybridized carbons (Fsp3) is 0.538. The van der Waals surface area contributed by atoms with E-state index in [1.807, 2.05) is 27.0 Å². The summed E-state index contributed by atoms with van der Waals surface area (Å²) in [5, 5.41) is 3.07. The molecule has 0 spiro atoms. The van der Waals surface area contributed by atoms with Crippen LogP contribution in [0.2, 0.25) is 0 Å². The summed E-state index contributed by atoms with van der Waals surface area (Å²) in [7, 11) is 1.94. The summed E-state index contributed by atoms with van der Waals surface area (Å²) in [4.78, 5) is 0. The lowest BCUT2D eigenvalue weighted by Crippen LogP contribution is -2.03. The zero-order valence-electron chi connectivity index (χ0n) is 10.4. The molecule has 0 unspecified atom stereocenters. The molecule has 0 bridgehead atoms. The SMILES string of the molecule is C=C/C(C)=C(\C=C/CNC)CC.CC. The maximum atomic E-state index is 3.75. The first-order valence-electron chi connectivity index (χ1n) is 5.39. The Morgan fingerprint density at radius 2 is 1.93 bits per heavy atom. The molecule has 1 heteroatoms. The molecule has 0 aromatic carbocycles. The minimum Gasteiger partial charge on any atom is -0.316 e. The topological polar surface area (TPSA) is 12.0 Å². The van der Waals surface area contributed by atoms with Crippen molar-refractivity contribution in [3.63, 3.8) is 0 Å². The molecule has 0 saturated heterocycles. The van der Waals surface area contributed by atoms with Gasteiger partial charge in [0.05, 0.1) is 0 Å². The molecule has 0 fully saturated rings. The zero-order valence-corrected chi connectivity index (χ0v) is 10.4. The monoisotopic (exact) mass is 195 g/mol. The fourth-order valence-corrected chi connectivity index (χ4v) is 0.978. The summed E-state index contributed by atoms with van der Waals surface area (Å²) >= 11 is 0. The van der Waals surface area contributed by atoms with E-state index >= 15 is 0 Å². The lowest BCUT2D eigenvalue weighted by molar-refractivity contribution is 0.917. The third kappa shape index (κ3) is 7.81. The molecule has 0 aliphatic carbocycles. The fourth-order valence-electron chi connectivity index (χ4n) is 0.978. The van der Waals surface area contributed by atoms with E-state index in [9.17, 15) is 0 Å². The Hall–Kier alpha value is -0.820. The lowest BCUT2D eigenvalue weighted by atomic mass is 10.1. The van der Waals surface area contributed by atoms with Gasteiger partial charge in [-0.3, -0.25) is 0 Å². The van der Waals surface area contributed by atoms with E-state index in [2.05, 4.69) is 37.9 Å². The van der Waals surface area contributed by atoms with E-state index in [0.29, 0.717) is 0 Å². The summed E-state index contributed by atoms with van der Waals surface area (Å²) in [6.07, 6.45) is 7.26. The smallest absolute Gasteiger partial charge is 0.0135 e. The number of likely N-dealkylation sites (N-methyl/N-ethyl adjacent to an activating group) is 1. The Kier molecular flexibility index (Phi) is 13.6. The van der Waals surface area contributed by atoms with E-state index in [4.69, 9.17) is 0 Å². The van der Waals surface area contributed by atoms with E-state index in [0.717, 1.165) is 13.0 Å². The predicted octanol–water partition coefficient (Wildman–Crippen LogP) is 3.70. The van der Waals surface area contributed by atoms with Gasteiger partial charge in [-0.05, 0) is 31.5 Å². The largest absolute Gasteiger partial charge is 0.316 e. The van der Waals surface area contributed by atoms with E-state index in [1.54, 1.807) is 0 Å². The van der Waals surface area contributed by atoms with Crippen LogP contribution < -0.4 is 5.32 Å². The van der Waals surface area contributed by atoms with Crippen molar-refractivity contribution >= 4 is 0 Å². The molecule has 82 valence electrons. The summed E-state index contributed by atoms with van der Waals surface area (Å²) in [6, 6.07) is 0. The number of hydrogen-bond acceptors (Lipinski definition) is 1.